The molecule has 2 aromatic carbocycles. The van der Waals surface area contributed by atoms with Gasteiger partial charge in [-0.2, -0.15) is 0 Å². The van der Waals surface area contributed by atoms with Gasteiger partial charge in [0.1, 0.15) is 25.8 Å². The first-order chi connectivity index (χ1) is 15.7. The predicted octanol–water partition coefficient (Wildman–Crippen LogP) is 2.24. The number of amides is 1. The van der Waals surface area contributed by atoms with E-state index in [1.807, 2.05) is 0 Å². The summed E-state index contributed by atoms with van der Waals surface area (Å²) >= 11 is 0. The smallest absolute Gasteiger partial charge is 0.315 e. The first kappa shape index (κ1) is 25.9. The van der Waals surface area contributed by atoms with Gasteiger partial charge in [-0.25, -0.2) is 4.39 Å². The zero-order chi connectivity index (χ0) is 24.5. The Balaban J connectivity index is 2.59. The number of rotatable bonds is 10. The zero-order valence-electron chi connectivity index (χ0n) is 19.6. The van der Waals surface area contributed by atoms with Gasteiger partial charge in [0, 0.05) is 0 Å². The summed E-state index contributed by atoms with van der Waals surface area (Å²) in [5, 5.41) is 0. The Labute approximate surface area is 194 Å². The summed E-state index contributed by atoms with van der Waals surface area (Å²) < 4.78 is 28.9. The molecule has 0 fully saturated rings. The van der Waals surface area contributed by atoms with Crippen molar-refractivity contribution in [2.75, 3.05) is 20.8 Å². The van der Waals surface area contributed by atoms with Crippen LogP contribution in [0.2, 0.25) is 0 Å². The maximum Gasteiger partial charge on any atom is 0.315 e. The van der Waals surface area contributed by atoms with Crippen molar-refractivity contribution in [2.45, 2.75) is 38.8 Å². The molecule has 0 saturated heterocycles. The Hall–Kier alpha value is -3.36. The number of carbonyl (C=O) groups is 3. The number of halogens is 1. The van der Waals surface area contributed by atoms with Crippen LogP contribution in [-0.4, -0.2) is 51.4 Å². The molecule has 33 heavy (non-hydrogen) atoms. The molecule has 176 valence electrons. The Morgan fingerprint density at radius 2 is 1.73 bits per heavy atom. The molecule has 0 bridgehead atoms. The van der Waals surface area contributed by atoms with Gasteiger partial charge in [-0.15, -0.1) is 0 Å². The second kappa shape index (κ2) is 12.0. The first-order valence-corrected chi connectivity index (χ1v) is 10.6. The van der Waals surface area contributed by atoms with Crippen molar-refractivity contribution in [3.8, 4) is 5.75 Å². The van der Waals surface area contributed by atoms with Crippen molar-refractivity contribution in [3.05, 3.63) is 59.4 Å². The van der Waals surface area contributed by atoms with Crippen LogP contribution < -0.4 is 10.2 Å². The summed E-state index contributed by atoms with van der Waals surface area (Å²) in [5.74, 6) is -1.51. The van der Waals surface area contributed by atoms with E-state index in [2.05, 4.69) is 4.74 Å². The molecule has 0 aromatic heterocycles. The number of carbonyl (C=O) groups excluding carboxylic acids is 3. The van der Waals surface area contributed by atoms with Crippen molar-refractivity contribution < 1.29 is 33.0 Å². The zero-order valence-corrected chi connectivity index (χ0v) is 19.6. The van der Waals surface area contributed by atoms with Crippen molar-refractivity contribution >= 4 is 31.2 Å². The summed E-state index contributed by atoms with van der Waals surface area (Å²) in [7, 11) is 4.46. The highest BCUT2D eigenvalue weighted by Crippen LogP contribution is 2.34. The normalized spacial score (nSPS) is 12.4. The molecule has 0 unspecified atom stereocenters. The van der Waals surface area contributed by atoms with Gasteiger partial charge in [0.25, 0.3) is 0 Å². The van der Waals surface area contributed by atoms with Crippen LogP contribution in [0.5, 0.6) is 5.75 Å². The molecule has 0 saturated carbocycles. The molecule has 0 aliphatic rings. The molecule has 7 nitrogen and oxygen atoms in total. The maximum atomic E-state index is 13.8. The van der Waals surface area contributed by atoms with Crippen molar-refractivity contribution in [1.82, 2.24) is 4.90 Å². The summed E-state index contributed by atoms with van der Waals surface area (Å²) in [5.41, 5.74) is 1.92. The fourth-order valence-corrected chi connectivity index (χ4v) is 3.74. The first-order valence-electron chi connectivity index (χ1n) is 10.6. The van der Waals surface area contributed by atoms with Crippen LogP contribution in [0.25, 0.3) is 0 Å². The Bertz CT molecular complexity index is 981. The number of benzene rings is 2. The minimum atomic E-state index is -0.793. The van der Waals surface area contributed by atoms with Crippen LogP contribution in [0.4, 0.5) is 4.39 Å². The van der Waals surface area contributed by atoms with E-state index in [1.54, 1.807) is 59.1 Å². The van der Waals surface area contributed by atoms with Gasteiger partial charge in [0.15, 0.2) is 0 Å². The van der Waals surface area contributed by atoms with E-state index in [9.17, 15) is 18.8 Å². The third-order valence-electron chi connectivity index (χ3n) is 5.42. The summed E-state index contributed by atoms with van der Waals surface area (Å²) in [6.45, 7) is 3.67. The van der Waals surface area contributed by atoms with E-state index >= 15 is 0 Å². The van der Waals surface area contributed by atoms with E-state index in [1.165, 1.54) is 24.1 Å². The second-order valence-electron chi connectivity index (χ2n) is 7.53. The van der Waals surface area contributed by atoms with E-state index in [-0.39, 0.29) is 13.0 Å². The molecule has 0 N–H and O–H groups in total. The standard InChI is InChI=1S/C24H29BFNO6/c1-5-33-24(30)13-21(19-11-8-17(26)12-20(19)25)27(22(28)14-23(29)32-4)15(2)16-6-9-18(31-3)10-7-16/h6-12,15,21H,5,13-14,25H2,1-4H3/t15-,21+/m0/s1. The molecule has 1 amide bonds. The fourth-order valence-electron chi connectivity index (χ4n) is 3.74. The third-order valence-corrected chi connectivity index (χ3v) is 5.42. The van der Waals surface area contributed by atoms with Crippen molar-refractivity contribution in [3.63, 3.8) is 0 Å². The van der Waals surface area contributed by atoms with E-state index in [0.29, 0.717) is 16.8 Å². The van der Waals surface area contributed by atoms with Gasteiger partial charge in [-0.1, -0.05) is 23.7 Å². The largest absolute Gasteiger partial charge is 0.497 e. The second-order valence-corrected chi connectivity index (χ2v) is 7.53. The van der Waals surface area contributed by atoms with Crippen LogP contribution in [0, 0.1) is 5.82 Å². The third kappa shape index (κ3) is 6.81. The molecule has 0 radical (unpaired) electrons. The molecule has 2 rings (SSSR count). The summed E-state index contributed by atoms with van der Waals surface area (Å²) in [6.07, 6.45) is -0.662. The predicted molar refractivity (Wildman–Crippen MR) is 123 cm³/mol. The van der Waals surface area contributed by atoms with Crippen LogP contribution in [0.1, 0.15) is 49.9 Å². The lowest BCUT2D eigenvalue weighted by Crippen LogP contribution is -2.41. The number of hydrogen-bond acceptors (Lipinski definition) is 6. The highest BCUT2D eigenvalue weighted by molar-refractivity contribution is 6.33. The summed E-state index contributed by atoms with van der Waals surface area (Å²) in [6, 6.07) is 9.98. The molecule has 9 heteroatoms. The Morgan fingerprint density at radius 1 is 1.06 bits per heavy atom. The van der Waals surface area contributed by atoms with Gasteiger partial charge >= 0.3 is 11.9 Å². The highest BCUT2D eigenvalue weighted by Gasteiger charge is 2.34. The topological polar surface area (TPSA) is 82.1 Å². The average Bonchev–Trinajstić information content (AvgIpc) is 2.78. The van der Waals surface area contributed by atoms with E-state index < -0.39 is 42.2 Å². The molecule has 0 heterocycles. The van der Waals surface area contributed by atoms with Crippen molar-refractivity contribution in [2.24, 2.45) is 0 Å². The monoisotopic (exact) mass is 457 g/mol. The minimum absolute atomic E-state index is 0.159. The number of esters is 2. The van der Waals surface area contributed by atoms with E-state index in [0.717, 1.165) is 5.56 Å². The Kier molecular flexibility index (Phi) is 9.45. The fraction of sp³-hybridized carbons (Fsp3) is 0.375. The number of nitrogens with zero attached hydrogens (tertiary/aromatic N) is 1. The molecule has 2 atom stereocenters. The number of methoxy groups -OCH3 is 2. The SMILES string of the molecule is Bc1cc(F)ccc1[C@@H](CC(=O)OCC)N(C(=O)CC(=O)OC)[C@@H](C)c1ccc(OC)cc1. The van der Waals surface area contributed by atoms with E-state index in [4.69, 9.17) is 9.47 Å². The quantitative estimate of drug-likeness (QED) is 0.309. The number of hydrogen-bond donors (Lipinski definition) is 0. The van der Waals surface area contributed by atoms with Crippen LogP contribution in [-0.2, 0) is 23.9 Å². The molecular weight excluding hydrogens is 428 g/mol. The van der Waals surface area contributed by atoms with Gasteiger partial charge in [-0.05, 0) is 49.2 Å². The lowest BCUT2D eigenvalue weighted by atomic mass is 9.84. The minimum Gasteiger partial charge on any atom is -0.497 e. The van der Waals surface area contributed by atoms with Gasteiger partial charge < -0.3 is 19.1 Å². The molecule has 2 aromatic rings. The molecule has 0 aliphatic carbocycles. The maximum absolute atomic E-state index is 13.8. The van der Waals surface area contributed by atoms with Crippen LogP contribution in [0.3, 0.4) is 0 Å². The van der Waals surface area contributed by atoms with Gasteiger partial charge in [0.05, 0.1) is 39.3 Å². The number of ether oxygens (including phenoxy) is 3. The highest BCUT2D eigenvalue weighted by atomic mass is 19.1. The molecule has 0 aliphatic heterocycles. The van der Waals surface area contributed by atoms with Crippen LogP contribution in [0.15, 0.2) is 42.5 Å². The summed E-state index contributed by atoms with van der Waals surface area (Å²) in [4.78, 5) is 39.3. The average molecular weight is 457 g/mol. The lowest BCUT2D eigenvalue weighted by Gasteiger charge is -2.37. The van der Waals surface area contributed by atoms with Gasteiger partial charge in [0.2, 0.25) is 5.91 Å². The lowest BCUT2D eigenvalue weighted by molar-refractivity contribution is -0.150. The molecular formula is C24H29BFNO6. The molecule has 0 spiro atoms. The van der Waals surface area contributed by atoms with Gasteiger partial charge in [-0.3, -0.25) is 14.4 Å². The van der Waals surface area contributed by atoms with Crippen molar-refractivity contribution in [1.29, 1.82) is 0 Å². The van der Waals surface area contributed by atoms with Crippen LogP contribution >= 0.6 is 0 Å². The Morgan fingerprint density at radius 3 is 2.27 bits per heavy atom.